The van der Waals surface area contributed by atoms with Gasteiger partial charge in [-0.25, -0.2) is 4.57 Å². The number of phosphoric ester groups is 1. The Labute approximate surface area is 185 Å². The lowest BCUT2D eigenvalue weighted by atomic mass is 10.0. The lowest BCUT2D eigenvalue weighted by Crippen LogP contribution is -2.39. The number of anilines is 1. The molecule has 1 aromatic heterocycles. The van der Waals surface area contributed by atoms with Gasteiger partial charge in [0.1, 0.15) is 11.8 Å². The lowest BCUT2D eigenvalue weighted by Gasteiger charge is -2.13. The van der Waals surface area contributed by atoms with Gasteiger partial charge in [-0.05, 0) is 53.1 Å². The summed E-state index contributed by atoms with van der Waals surface area (Å²) in [6.07, 6.45) is 4.27. The second kappa shape index (κ2) is 11.0. The molecule has 1 atom stereocenters. The van der Waals surface area contributed by atoms with E-state index < -0.39 is 26.4 Å². The number of amides is 1. The predicted molar refractivity (Wildman–Crippen MR) is 120 cm³/mol. The summed E-state index contributed by atoms with van der Waals surface area (Å²) in [4.78, 5) is 33.3. The highest BCUT2D eigenvalue weighted by Gasteiger charge is 2.20. The van der Waals surface area contributed by atoms with Crippen molar-refractivity contribution in [1.82, 2.24) is 4.98 Å². The van der Waals surface area contributed by atoms with E-state index in [4.69, 9.17) is 20.3 Å². The van der Waals surface area contributed by atoms with Crippen LogP contribution in [-0.2, 0) is 20.3 Å². The van der Waals surface area contributed by atoms with Gasteiger partial charge in [-0.2, -0.15) is 0 Å². The van der Waals surface area contributed by atoms with Crippen molar-refractivity contribution in [3.63, 3.8) is 0 Å². The summed E-state index contributed by atoms with van der Waals surface area (Å²) in [7, 11) is -4.68. The molecule has 0 aliphatic rings. The highest BCUT2D eigenvalue weighted by Crippen LogP contribution is 2.35. The van der Waals surface area contributed by atoms with Crippen LogP contribution in [0, 0.1) is 0 Å². The molecule has 0 aliphatic heterocycles. The van der Waals surface area contributed by atoms with Crippen LogP contribution in [0.2, 0.25) is 0 Å². The van der Waals surface area contributed by atoms with Gasteiger partial charge in [0.15, 0.2) is 0 Å². The van der Waals surface area contributed by atoms with Gasteiger partial charge in [0.2, 0.25) is 5.91 Å². The molecule has 168 valence electrons. The molecule has 0 bridgehead atoms. The summed E-state index contributed by atoms with van der Waals surface area (Å²) in [6, 6.07) is 17.7. The third-order valence-electron chi connectivity index (χ3n) is 4.51. The maximum Gasteiger partial charge on any atom is 0.469 e. The van der Waals surface area contributed by atoms with Crippen LogP contribution in [0.15, 0.2) is 73.1 Å². The molecular formula is C22H24N3O6P. The summed E-state index contributed by atoms with van der Waals surface area (Å²) in [5.41, 5.74) is 9.43. The van der Waals surface area contributed by atoms with Crippen molar-refractivity contribution in [2.45, 2.75) is 12.5 Å². The van der Waals surface area contributed by atoms with Crippen LogP contribution in [0.1, 0.15) is 5.56 Å². The monoisotopic (exact) mass is 457 g/mol. The second-order valence-electron chi connectivity index (χ2n) is 6.94. The maximum absolute atomic E-state index is 12.0. The fourth-order valence-corrected chi connectivity index (χ4v) is 3.17. The van der Waals surface area contributed by atoms with Gasteiger partial charge in [0.05, 0.1) is 13.2 Å². The van der Waals surface area contributed by atoms with E-state index in [0.717, 1.165) is 23.1 Å². The first-order valence-corrected chi connectivity index (χ1v) is 11.3. The molecule has 0 unspecified atom stereocenters. The molecule has 1 heterocycles. The van der Waals surface area contributed by atoms with Crippen LogP contribution in [-0.4, -0.2) is 39.9 Å². The number of nitrogens with zero attached hydrogens (tertiary/aromatic N) is 1. The van der Waals surface area contributed by atoms with Crippen molar-refractivity contribution >= 4 is 19.4 Å². The number of aromatic nitrogens is 1. The number of phosphoric acid groups is 1. The van der Waals surface area contributed by atoms with Crippen molar-refractivity contribution in [2.24, 2.45) is 5.73 Å². The Hall–Kier alpha value is -3.07. The standard InChI is InChI=1S/C22H24N3O6P/c23-21(15-31-32(27,28)29)22(26)25-19-5-7-20(8-6-19)30-14-11-16-1-3-17(4-2-16)18-9-12-24-13-10-18/h1-10,12-13,21H,11,14-15,23H2,(H,25,26)(H2,27,28,29)/t21-/m0/s1. The number of benzene rings is 2. The Morgan fingerprint density at radius 1 is 1.00 bits per heavy atom. The number of hydrogen-bond donors (Lipinski definition) is 4. The van der Waals surface area contributed by atoms with Crippen molar-refractivity contribution in [3.05, 3.63) is 78.6 Å². The van der Waals surface area contributed by atoms with E-state index in [-0.39, 0.29) is 0 Å². The average Bonchev–Trinajstić information content (AvgIpc) is 2.79. The van der Waals surface area contributed by atoms with E-state index in [0.29, 0.717) is 18.0 Å². The Morgan fingerprint density at radius 3 is 2.25 bits per heavy atom. The first-order valence-electron chi connectivity index (χ1n) is 9.79. The maximum atomic E-state index is 12.0. The molecule has 2 aromatic carbocycles. The molecule has 0 spiro atoms. The van der Waals surface area contributed by atoms with E-state index in [2.05, 4.69) is 39.1 Å². The van der Waals surface area contributed by atoms with Gasteiger partial charge >= 0.3 is 7.82 Å². The highest BCUT2D eigenvalue weighted by molar-refractivity contribution is 7.46. The Kier molecular flexibility index (Phi) is 8.10. The molecule has 0 aliphatic carbocycles. The topological polar surface area (TPSA) is 144 Å². The normalized spacial score (nSPS) is 12.2. The summed E-state index contributed by atoms with van der Waals surface area (Å²) in [5.74, 6) is 0.0212. The summed E-state index contributed by atoms with van der Waals surface area (Å²) in [5, 5.41) is 2.55. The summed E-state index contributed by atoms with van der Waals surface area (Å²) in [6.45, 7) is -0.105. The van der Waals surface area contributed by atoms with Crippen LogP contribution in [0.4, 0.5) is 5.69 Å². The molecule has 1 amide bonds. The van der Waals surface area contributed by atoms with Crippen LogP contribution in [0.25, 0.3) is 11.1 Å². The minimum Gasteiger partial charge on any atom is -0.493 e. The van der Waals surface area contributed by atoms with Gasteiger partial charge in [0.25, 0.3) is 0 Å². The molecule has 10 heteroatoms. The van der Waals surface area contributed by atoms with Gasteiger partial charge in [-0.1, -0.05) is 24.3 Å². The fraction of sp³-hybridized carbons (Fsp3) is 0.182. The number of nitrogens with two attached hydrogens (primary N) is 1. The van der Waals surface area contributed by atoms with Crippen molar-refractivity contribution in [2.75, 3.05) is 18.5 Å². The van der Waals surface area contributed by atoms with E-state index >= 15 is 0 Å². The zero-order valence-electron chi connectivity index (χ0n) is 17.1. The predicted octanol–water partition coefficient (Wildman–Crippen LogP) is 2.75. The largest absolute Gasteiger partial charge is 0.493 e. The van der Waals surface area contributed by atoms with Crippen molar-refractivity contribution in [3.8, 4) is 16.9 Å². The van der Waals surface area contributed by atoms with Gasteiger partial charge in [-0.15, -0.1) is 0 Å². The quantitative estimate of drug-likeness (QED) is 0.340. The molecule has 5 N–H and O–H groups in total. The number of pyridine rings is 1. The SMILES string of the molecule is N[C@@H](COP(=O)(O)O)C(=O)Nc1ccc(OCCc2ccc(-c3ccncc3)cc2)cc1. The number of carbonyl (C=O) groups excluding carboxylic acids is 1. The molecule has 0 fully saturated rings. The number of nitrogens with one attached hydrogen (secondary N) is 1. The van der Waals surface area contributed by atoms with E-state index in [1.165, 1.54) is 0 Å². The molecule has 9 nitrogen and oxygen atoms in total. The fourth-order valence-electron chi connectivity index (χ4n) is 2.82. The summed E-state index contributed by atoms with van der Waals surface area (Å²) >= 11 is 0. The minimum atomic E-state index is -4.68. The number of rotatable bonds is 10. The Bertz CT molecular complexity index is 1060. The molecule has 0 saturated heterocycles. The minimum absolute atomic E-state index is 0.473. The zero-order chi connectivity index (χ0) is 23.0. The number of carbonyl (C=O) groups is 1. The first kappa shape index (κ1) is 23.6. The van der Waals surface area contributed by atoms with Crippen molar-refractivity contribution in [1.29, 1.82) is 0 Å². The third kappa shape index (κ3) is 7.56. The Balaban J connectivity index is 1.44. The first-order chi connectivity index (χ1) is 15.3. The smallest absolute Gasteiger partial charge is 0.469 e. The molecule has 32 heavy (non-hydrogen) atoms. The zero-order valence-corrected chi connectivity index (χ0v) is 18.0. The second-order valence-corrected chi connectivity index (χ2v) is 8.18. The van der Waals surface area contributed by atoms with Crippen molar-refractivity contribution < 1.29 is 28.4 Å². The third-order valence-corrected chi connectivity index (χ3v) is 4.99. The van der Waals surface area contributed by atoms with Gasteiger partial charge in [0, 0.05) is 24.5 Å². The number of hydrogen-bond acceptors (Lipinski definition) is 6. The molecule has 0 saturated carbocycles. The highest BCUT2D eigenvalue weighted by atomic mass is 31.2. The van der Waals surface area contributed by atoms with Crippen LogP contribution in [0.5, 0.6) is 5.75 Å². The summed E-state index contributed by atoms with van der Waals surface area (Å²) < 4.78 is 20.7. The van der Waals surface area contributed by atoms with E-state index in [1.807, 2.05) is 12.1 Å². The van der Waals surface area contributed by atoms with E-state index in [9.17, 15) is 9.36 Å². The molecule has 3 rings (SSSR count). The van der Waals surface area contributed by atoms with Crippen LogP contribution in [0.3, 0.4) is 0 Å². The lowest BCUT2D eigenvalue weighted by molar-refractivity contribution is -0.118. The van der Waals surface area contributed by atoms with Gasteiger partial charge in [-0.3, -0.25) is 14.3 Å². The molecule has 0 radical (unpaired) electrons. The molecule has 3 aromatic rings. The molecular weight excluding hydrogens is 433 g/mol. The Morgan fingerprint density at radius 2 is 1.62 bits per heavy atom. The average molecular weight is 457 g/mol. The van der Waals surface area contributed by atoms with Gasteiger partial charge < -0.3 is 25.6 Å². The number of ether oxygens (including phenoxy) is 1. The van der Waals surface area contributed by atoms with E-state index in [1.54, 1.807) is 36.7 Å². The van der Waals surface area contributed by atoms with Crippen LogP contribution >= 0.6 is 7.82 Å². The van der Waals surface area contributed by atoms with Crippen LogP contribution < -0.4 is 15.8 Å².